The van der Waals surface area contributed by atoms with Gasteiger partial charge >= 0.3 is 0 Å². The van der Waals surface area contributed by atoms with Gasteiger partial charge in [0.15, 0.2) is 0 Å². The molecule has 2 aromatic heterocycles. The first-order valence-electron chi connectivity index (χ1n) is 6.37. The zero-order chi connectivity index (χ0) is 13.7. The van der Waals surface area contributed by atoms with Gasteiger partial charge in [0.25, 0.3) is 0 Å². The van der Waals surface area contributed by atoms with E-state index in [1.54, 1.807) is 6.07 Å². The topological polar surface area (TPSA) is 53.6 Å². The van der Waals surface area contributed by atoms with E-state index in [1.165, 1.54) is 0 Å². The Kier molecular flexibility index (Phi) is 4.50. The summed E-state index contributed by atoms with van der Waals surface area (Å²) < 4.78 is 7.31. The van der Waals surface area contributed by atoms with Crippen LogP contribution >= 0.6 is 0 Å². The monoisotopic (exact) mass is 258 g/mol. The predicted molar refractivity (Wildman–Crippen MR) is 72.7 cm³/mol. The number of hydrogen-bond acceptors (Lipinski definition) is 4. The second-order valence-corrected chi connectivity index (χ2v) is 4.44. The highest BCUT2D eigenvalue weighted by molar-refractivity contribution is 5.44. The van der Waals surface area contributed by atoms with Crippen LogP contribution < -0.4 is 0 Å². The molecule has 0 radical (unpaired) electrons. The molecule has 0 N–H and O–H groups in total. The van der Waals surface area contributed by atoms with E-state index in [2.05, 4.69) is 16.0 Å². The number of nitrogens with zero attached hydrogens (tertiary/aromatic N) is 4. The first kappa shape index (κ1) is 13.5. The number of pyridine rings is 1. The maximum Gasteiger partial charge on any atom is 0.137 e. The summed E-state index contributed by atoms with van der Waals surface area (Å²) in [6, 6.07) is 5.80. The van der Waals surface area contributed by atoms with Crippen LogP contribution in [0.3, 0.4) is 0 Å². The van der Waals surface area contributed by atoms with Crippen molar-refractivity contribution < 1.29 is 4.74 Å². The summed E-state index contributed by atoms with van der Waals surface area (Å²) in [6.45, 7) is 5.12. The molecule has 0 aliphatic heterocycles. The van der Waals surface area contributed by atoms with Crippen molar-refractivity contribution in [2.24, 2.45) is 0 Å². The molecule has 0 aliphatic rings. The number of fused-ring (bicyclic) bond motifs is 1. The zero-order valence-corrected chi connectivity index (χ0v) is 11.3. The SMILES string of the molecule is CCOCCN(C)Cc1cnc2ccc(C#N)cn12. The molecule has 2 aromatic rings. The van der Waals surface area contributed by atoms with Crippen LogP contribution in [0.2, 0.25) is 0 Å². The minimum atomic E-state index is 0.642. The maximum absolute atomic E-state index is 8.94. The molecule has 0 fully saturated rings. The lowest BCUT2D eigenvalue weighted by atomic mass is 10.3. The fraction of sp³-hybridized carbons (Fsp3) is 0.429. The van der Waals surface area contributed by atoms with E-state index in [-0.39, 0.29) is 0 Å². The van der Waals surface area contributed by atoms with Gasteiger partial charge in [-0.2, -0.15) is 5.26 Å². The highest BCUT2D eigenvalue weighted by Gasteiger charge is 2.07. The van der Waals surface area contributed by atoms with Gasteiger partial charge in [-0.25, -0.2) is 4.98 Å². The quantitative estimate of drug-likeness (QED) is 0.740. The van der Waals surface area contributed by atoms with Crippen molar-refractivity contribution in [3.63, 3.8) is 0 Å². The van der Waals surface area contributed by atoms with E-state index in [1.807, 2.05) is 36.8 Å². The van der Waals surface area contributed by atoms with Gasteiger partial charge in [0.05, 0.1) is 24.1 Å². The molecule has 0 aliphatic carbocycles. The van der Waals surface area contributed by atoms with Gasteiger partial charge in [0, 0.05) is 25.9 Å². The van der Waals surface area contributed by atoms with Crippen molar-refractivity contribution in [3.05, 3.63) is 35.8 Å². The van der Waals surface area contributed by atoms with Crippen LogP contribution in [0.4, 0.5) is 0 Å². The van der Waals surface area contributed by atoms with Crippen LogP contribution in [0.15, 0.2) is 24.5 Å². The van der Waals surface area contributed by atoms with Crippen LogP contribution in [0, 0.1) is 11.3 Å². The molecule has 0 saturated heterocycles. The van der Waals surface area contributed by atoms with E-state index in [0.717, 1.165) is 37.6 Å². The standard InChI is InChI=1S/C14H18N4O/c1-3-19-7-6-17(2)11-13-9-16-14-5-4-12(8-15)10-18(13)14/h4-5,9-10H,3,6-7,11H2,1-2H3. The number of hydrogen-bond donors (Lipinski definition) is 0. The molecule has 0 aromatic carbocycles. The van der Waals surface area contributed by atoms with Crippen LogP contribution in [0.5, 0.6) is 0 Å². The molecular weight excluding hydrogens is 240 g/mol. The Bertz CT molecular complexity index is 585. The Labute approximate surface area is 113 Å². The van der Waals surface area contributed by atoms with Crippen LogP contribution in [0.25, 0.3) is 5.65 Å². The molecule has 100 valence electrons. The van der Waals surface area contributed by atoms with Gasteiger partial charge in [-0.15, -0.1) is 0 Å². The molecule has 0 atom stereocenters. The smallest absolute Gasteiger partial charge is 0.137 e. The Hall–Kier alpha value is -1.90. The zero-order valence-electron chi connectivity index (χ0n) is 11.3. The third kappa shape index (κ3) is 3.31. The normalized spacial score (nSPS) is 11.1. The van der Waals surface area contributed by atoms with E-state index in [0.29, 0.717) is 5.56 Å². The minimum Gasteiger partial charge on any atom is -0.380 e. The van der Waals surface area contributed by atoms with Crippen molar-refractivity contribution >= 4 is 5.65 Å². The van der Waals surface area contributed by atoms with E-state index < -0.39 is 0 Å². The van der Waals surface area contributed by atoms with Gasteiger partial charge in [-0.1, -0.05) is 0 Å². The Morgan fingerprint density at radius 1 is 1.47 bits per heavy atom. The predicted octanol–water partition coefficient (Wildman–Crippen LogP) is 1.67. The molecule has 5 heteroatoms. The number of ether oxygens (including phenoxy) is 1. The first-order valence-corrected chi connectivity index (χ1v) is 6.37. The number of aromatic nitrogens is 2. The second-order valence-electron chi connectivity index (χ2n) is 4.44. The summed E-state index contributed by atoms with van der Waals surface area (Å²) >= 11 is 0. The largest absolute Gasteiger partial charge is 0.380 e. The summed E-state index contributed by atoms with van der Waals surface area (Å²) in [5.74, 6) is 0. The fourth-order valence-electron chi connectivity index (χ4n) is 1.93. The molecule has 19 heavy (non-hydrogen) atoms. The van der Waals surface area contributed by atoms with Crippen molar-refractivity contribution in [2.45, 2.75) is 13.5 Å². The molecule has 0 unspecified atom stereocenters. The van der Waals surface area contributed by atoms with Gasteiger partial charge in [0.1, 0.15) is 11.7 Å². The van der Waals surface area contributed by atoms with Gasteiger partial charge < -0.3 is 9.14 Å². The lowest BCUT2D eigenvalue weighted by molar-refractivity contribution is 0.120. The molecule has 0 spiro atoms. The van der Waals surface area contributed by atoms with E-state index >= 15 is 0 Å². The summed E-state index contributed by atoms with van der Waals surface area (Å²) in [5, 5.41) is 8.94. The Morgan fingerprint density at radius 3 is 3.05 bits per heavy atom. The third-order valence-corrected chi connectivity index (χ3v) is 2.96. The average molecular weight is 258 g/mol. The molecule has 2 rings (SSSR count). The highest BCUT2D eigenvalue weighted by atomic mass is 16.5. The van der Waals surface area contributed by atoms with E-state index in [4.69, 9.17) is 10.00 Å². The molecular formula is C14H18N4O. The van der Waals surface area contributed by atoms with Crippen molar-refractivity contribution in [1.82, 2.24) is 14.3 Å². The van der Waals surface area contributed by atoms with Crippen LogP contribution in [0.1, 0.15) is 18.2 Å². The Morgan fingerprint density at radius 2 is 2.32 bits per heavy atom. The van der Waals surface area contributed by atoms with E-state index in [9.17, 15) is 0 Å². The molecule has 5 nitrogen and oxygen atoms in total. The maximum atomic E-state index is 8.94. The number of imidazole rings is 1. The number of likely N-dealkylation sites (N-methyl/N-ethyl adjacent to an activating group) is 1. The Balaban J connectivity index is 2.10. The van der Waals surface area contributed by atoms with Crippen LogP contribution in [-0.2, 0) is 11.3 Å². The van der Waals surface area contributed by atoms with Gasteiger partial charge in [-0.05, 0) is 26.1 Å². The highest BCUT2D eigenvalue weighted by Crippen LogP contribution is 2.10. The minimum absolute atomic E-state index is 0.642. The van der Waals surface area contributed by atoms with Crippen molar-refractivity contribution in [3.8, 4) is 6.07 Å². The lowest BCUT2D eigenvalue weighted by Gasteiger charge is -2.15. The summed E-state index contributed by atoms with van der Waals surface area (Å²) in [6.07, 6.45) is 3.68. The number of nitriles is 1. The molecule has 0 saturated carbocycles. The molecule has 0 amide bonds. The molecule has 0 bridgehead atoms. The van der Waals surface area contributed by atoms with Crippen molar-refractivity contribution in [2.75, 3.05) is 26.8 Å². The summed E-state index contributed by atoms with van der Waals surface area (Å²) in [7, 11) is 2.05. The van der Waals surface area contributed by atoms with Crippen LogP contribution in [-0.4, -0.2) is 41.1 Å². The summed E-state index contributed by atoms with van der Waals surface area (Å²) in [4.78, 5) is 6.52. The van der Waals surface area contributed by atoms with Gasteiger partial charge in [-0.3, -0.25) is 4.90 Å². The second kappa shape index (κ2) is 6.32. The molecule has 2 heterocycles. The fourth-order valence-corrected chi connectivity index (χ4v) is 1.93. The first-order chi connectivity index (χ1) is 9.24. The number of rotatable bonds is 6. The van der Waals surface area contributed by atoms with Gasteiger partial charge in [0.2, 0.25) is 0 Å². The third-order valence-electron chi connectivity index (χ3n) is 2.96. The lowest BCUT2D eigenvalue weighted by Crippen LogP contribution is -2.23. The average Bonchev–Trinajstić information content (AvgIpc) is 2.81. The summed E-state index contributed by atoms with van der Waals surface area (Å²) in [5.41, 5.74) is 2.59. The van der Waals surface area contributed by atoms with Crippen molar-refractivity contribution in [1.29, 1.82) is 5.26 Å².